The van der Waals surface area contributed by atoms with E-state index < -0.39 is 10.0 Å². The second kappa shape index (κ2) is 7.64. The first-order valence-electron chi connectivity index (χ1n) is 8.57. The van der Waals surface area contributed by atoms with Gasteiger partial charge in [-0.25, -0.2) is 12.7 Å². The lowest BCUT2D eigenvalue weighted by Gasteiger charge is -2.29. The number of anilines is 1. The average molecular weight is 373 g/mol. The van der Waals surface area contributed by atoms with Gasteiger partial charge in [0, 0.05) is 31.7 Å². The lowest BCUT2D eigenvalue weighted by Crippen LogP contribution is -2.25. The Morgan fingerprint density at radius 3 is 2.27 bits per heavy atom. The van der Waals surface area contributed by atoms with E-state index in [1.165, 1.54) is 4.31 Å². The second-order valence-electron chi connectivity index (χ2n) is 7.24. The van der Waals surface area contributed by atoms with Crippen LogP contribution in [0.3, 0.4) is 0 Å². The molecular weight excluding hydrogens is 344 g/mol. The van der Waals surface area contributed by atoms with E-state index >= 15 is 0 Å². The normalized spacial score (nSPS) is 12.2. The molecule has 0 saturated carbocycles. The number of benzene rings is 2. The monoisotopic (exact) mass is 372 g/mol. The third kappa shape index (κ3) is 4.17. The molecule has 2 aromatic carbocycles. The summed E-state index contributed by atoms with van der Waals surface area (Å²) < 4.78 is 26.3. The standard InChI is InChI=1S/C21H28N2O2S/c1-16(2)21(3,4)19-14-18(26(24,25)23(5)6)12-13-20(19)22-15-17-10-8-7-9-11-17/h7-14,22H,1,15H2,2-6H3. The number of hydrogen-bond acceptors (Lipinski definition) is 3. The second-order valence-corrected chi connectivity index (χ2v) is 9.39. The van der Waals surface area contributed by atoms with Gasteiger partial charge < -0.3 is 5.32 Å². The van der Waals surface area contributed by atoms with Crippen LogP contribution in [0.1, 0.15) is 31.9 Å². The molecule has 0 amide bonds. The van der Waals surface area contributed by atoms with E-state index in [0.717, 1.165) is 22.4 Å². The van der Waals surface area contributed by atoms with Crippen molar-refractivity contribution in [1.29, 1.82) is 0 Å². The highest BCUT2D eigenvalue weighted by Crippen LogP contribution is 2.37. The van der Waals surface area contributed by atoms with Crippen LogP contribution in [0.15, 0.2) is 65.6 Å². The maximum absolute atomic E-state index is 12.6. The fraction of sp³-hybridized carbons (Fsp3) is 0.333. The van der Waals surface area contributed by atoms with E-state index in [2.05, 4.69) is 37.9 Å². The molecule has 0 aromatic heterocycles. The van der Waals surface area contributed by atoms with Crippen molar-refractivity contribution in [2.24, 2.45) is 0 Å². The van der Waals surface area contributed by atoms with E-state index in [0.29, 0.717) is 6.54 Å². The summed E-state index contributed by atoms with van der Waals surface area (Å²) in [6.07, 6.45) is 0. The van der Waals surface area contributed by atoms with Crippen LogP contribution >= 0.6 is 0 Å². The van der Waals surface area contributed by atoms with Gasteiger partial charge in [0.25, 0.3) is 0 Å². The lowest BCUT2D eigenvalue weighted by molar-refractivity contribution is 0.520. The van der Waals surface area contributed by atoms with Crippen molar-refractivity contribution in [3.05, 3.63) is 71.8 Å². The molecule has 0 saturated heterocycles. The van der Waals surface area contributed by atoms with E-state index in [4.69, 9.17) is 0 Å². The summed E-state index contributed by atoms with van der Waals surface area (Å²) >= 11 is 0. The Morgan fingerprint density at radius 1 is 1.12 bits per heavy atom. The van der Waals surface area contributed by atoms with E-state index in [-0.39, 0.29) is 10.3 Å². The van der Waals surface area contributed by atoms with Crippen molar-refractivity contribution in [1.82, 2.24) is 4.31 Å². The zero-order valence-electron chi connectivity index (χ0n) is 16.2. The smallest absolute Gasteiger partial charge is 0.242 e. The van der Waals surface area contributed by atoms with Crippen LogP contribution in [0.25, 0.3) is 0 Å². The zero-order valence-corrected chi connectivity index (χ0v) is 17.0. The molecule has 0 aliphatic heterocycles. The number of hydrogen-bond donors (Lipinski definition) is 1. The maximum atomic E-state index is 12.6. The predicted octanol–water partition coefficient (Wildman–Crippen LogP) is 4.40. The summed E-state index contributed by atoms with van der Waals surface area (Å²) in [5, 5.41) is 3.45. The van der Waals surface area contributed by atoms with Crippen LogP contribution in [-0.2, 0) is 22.0 Å². The first-order valence-corrected chi connectivity index (χ1v) is 10.0. The number of allylic oxidation sites excluding steroid dienone is 1. The van der Waals surface area contributed by atoms with Gasteiger partial charge in [-0.2, -0.15) is 0 Å². The molecule has 26 heavy (non-hydrogen) atoms. The average Bonchev–Trinajstić information content (AvgIpc) is 2.60. The molecule has 140 valence electrons. The van der Waals surface area contributed by atoms with Gasteiger partial charge in [0.1, 0.15) is 0 Å². The summed E-state index contributed by atoms with van der Waals surface area (Å²) in [4.78, 5) is 0.289. The van der Waals surface area contributed by atoms with Crippen molar-refractivity contribution in [2.45, 2.75) is 37.6 Å². The number of nitrogens with zero attached hydrogens (tertiary/aromatic N) is 1. The SMILES string of the molecule is C=C(C)C(C)(C)c1cc(S(=O)(=O)N(C)C)ccc1NCc1ccccc1. The van der Waals surface area contributed by atoms with Crippen molar-refractivity contribution >= 4 is 15.7 Å². The Bertz CT molecular complexity index is 885. The Kier molecular flexibility index (Phi) is 5.94. The van der Waals surface area contributed by atoms with Crippen LogP contribution in [0.5, 0.6) is 0 Å². The van der Waals surface area contributed by atoms with Gasteiger partial charge in [0.2, 0.25) is 10.0 Å². The van der Waals surface area contributed by atoms with E-state index in [1.807, 2.05) is 31.2 Å². The predicted molar refractivity (Wildman–Crippen MR) is 109 cm³/mol. The van der Waals surface area contributed by atoms with E-state index in [9.17, 15) is 8.42 Å². The summed E-state index contributed by atoms with van der Waals surface area (Å²) in [5.74, 6) is 0. The molecule has 0 atom stereocenters. The molecule has 5 heteroatoms. The third-order valence-corrected chi connectivity index (χ3v) is 6.65. The minimum Gasteiger partial charge on any atom is -0.381 e. The highest BCUT2D eigenvalue weighted by Gasteiger charge is 2.27. The molecule has 0 aliphatic carbocycles. The largest absolute Gasteiger partial charge is 0.381 e. The van der Waals surface area contributed by atoms with Gasteiger partial charge in [0.15, 0.2) is 0 Å². The molecule has 0 aliphatic rings. The third-order valence-electron chi connectivity index (χ3n) is 4.84. The molecule has 0 fully saturated rings. The summed E-state index contributed by atoms with van der Waals surface area (Å²) in [6.45, 7) is 10.9. The van der Waals surface area contributed by atoms with Gasteiger partial charge >= 0.3 is 0 Å². The maximum Gasteiger partial charge on any atom is 0.242 e. The molecule has 0 unspecified atom stereocenters. The lowest BCUT2D eigenvalue weighted by atomic mass is 9.78. The fourth-order valence-electron chi connectivity index (χ4n) is 2.59. The molecule has 4 nitrogen and oxygen atoms in total. The summed E-state index contributed by atoms with van der Waals surface area (Å²) in [5.41, 5.74) is 3.61. The summed E-state index contributed by atoms with van der Waals surface area (Å²) in [6, 6.07) is 15.4. The van der Waals surface area contributed by atoms with Gasteiger partial charge in [-0.3, -0.25) is 0 Å². The Labute approximate surface area is 157 Å². The highest BCUT2D eigenvalue weighted by atomic mass is 32.2. The van der Waals surface area contributed by atoms with Crippen LogP contribution < -0.4 is 5.32 Å². The van der Waals surface area contributed by atoms with Crippen molar-refractivity contribution < 1.29 is 8.42 Å². The van der Waals surface area contributed by atoms with Crippen LogP contribution in [0.2, 0.25) is 0 Å². The quantitative estimate of drug-likeness (QED) is 0.733. The zero-order chi connectivity index (χ0) is 19.5. The van der Waals surface area contributed by atoms with Gasteiger partial charge in [-0.15, -0.1) is 0 Å². The fourth-order valence-corrected chi connectivity index (χ4v) is 3.52. The number of sulfonamides is 1. The minimum atomic E-state index is -3.49. The van der Waals surface area contributed by atoms with Crippen LogP contribution in [-0.4, -0.2) is 26.8 Å². The van der Waals surface area contributed by atoms with Gasteiger partial charge in [0.05, 0.1) is 4.90 Å². The van der Waals surface area contributed by atoms with Crippen LogP contribution in [0, 0.1) is 0 Å². The molecule has 2 rings (SSSR count). The Morgan fingerprint density at radius 2 is 1.73 bits per heavy atom. The van der Waals surface area contributed by atoms with Crippen LogP contribution in [0.4, 0.5) is 5.69 Å². The molecule has 0 bridgehead atoms. The molecule has 0 spiro atoms. The molecule has 1 N–H and O–H groups in total. The van der Waals surface area contributed by atoms with Gasteiger partial charge in [-0.05, 0) is 36.2 Å². The number of rotatable bonds is 7. The van der Waals surface area contributed by atoms with Gasteiger partial charge in [-0.1, -0.05) is 56.3 Å². The van der Waals surface area contributed by atoms with Crippen molar-refractivity contribution in [2.75, 3.05) is 19.4 Å². The molecule has 0 heterocycles. The number of nitrogens with one attached hydrogen (secondary N) is 1. The van der Waals surface area contributed by atoms with Crippen molar-refractivity contribution in [3.63, 3.8) is 0 Å². The minimum absolute atomic E-state index is 0.289. The molecule has 2 aromatic rings. The molecular formula is C21H28N2O2S. The Balaban J connectivity index is 2.49. The van der Waals surface area contributed by atoms with Crippen molar-refractivity contribution in [3.8, 4) is 0 Å². The summed E-state index contributed by atoms with van der Waals surface area (Å²) in [7, 11) is -0.409. The first-order chi connectivity index (χ1) is 12.1. The first kappa shape index (κ1) is 20.2. The molecule has 0 radical (unpaired) electrons. The highest BCUT2D eigenvalue weighted by molar-refractivity contribution is 7.89. The topological polar surface area (TPSA) is 49.4 Å². The Hall–Kier alpha value is -2.11. The van der Waals surface area contributed by atoms with E-state index in [1.54, 1.807) is 26.2 Å².